The predicted molar refractivity (Wildman–Crippen MR) is 51.7 cm³/mol. The summed E-state index contributed by atoms with van der Waals surface area (Å²) in [6, 6.07) is 4.56. The molecule has 3 nitrogen and oxygen atoms in total. The monoisotopic (exact) mass is 235 g/mol. The first-order valence-electron chi connectivity index (χ1n) is 4.59. The predicted octanol–water partition coefficient (Wildman–Crippen LogP) is 1.97. The first-order valence-corrected chi connectivity index (χ1v) is 4.59. The van der Waals surface area contributed by atoms with Gasteiger partial charge in [0.2, 0.25) is 0 Å². The lowest BCUT2D eigenvalue weighted by Gasteiger charge is -2.19. The molecule has 16 heavy (non-hydrogen) atoms. The summed E-state index contributed by atoms with van der Waals surface area (Å²) >= 11 is 0. The molecule has 0 aliphatic heterocycles. The molecule has 90 valence electrons. The molecular formula is C10H12F3NO2. The van der Waals surface area contributed by atoms with Crippen LogP contribution in [0.3, 0.4) is 0 Å². The zero-order chi connectivity index (χ0) is 12.3. The largest absolute Gasteiger partial charge is 0.573 e. The summed E-state index contributed by atoms with van der Waals surface area (Å²) in [4.78, 5) is 0. The highest BCUT2D eigenvalue weighted by Crippen LogP contribution is 2.30. The Morgan fingerprint density at radius 3 is 2.38 bits per heavy atom. The Morgan fingerprint density at radius 2 is 1.88 bits per heavy atom. The lowest BCUT2D eigenvalue weighted by atomic mass is 10.0. The zero-order valence-electron chi connectivity index (χ0n) is 8.53. The van der Waals surface area contributed by atoms with Gasteiger partial charge in [-0.05, 0) is 13.0 Å². The molecular weight excluding hydrogens is 223 g/mol. The number of benzene rings is 1. The summed E-state index contributed by atoms with van der Waals surface area (Å²) in [5, 5.41) is 9.24. The number of hydrogen-bond donors (Lipinski definition) is 2. The van der Waals surface area contributed by atoms with Gasteiger partial charge in [0, 0.05) is 5.56 Å². The molecule has 1 rings (SSSR count). The highest BCUT2D eigenvalue weighted by molar-refractivity contribution is 5.36. The Labute approximate surface area is 90.6 Å². The Bertz CT molecular complexity index is 352. The quantitative estimate of drug-likeness (QED) is 0.842. The van der Waals surface area contributed by atoms with Crippen molar-refractivity contribution in [2.24, 2.45) is 5.73 Å². The van der Waals surface area contributed by atoms with Crippen LogP contribution in [0, 0.1) is 0 Å². The van der Waals surface area contributed by atoms with Crippen molar-refractivity contribution in [3.63, 3.8) is 0 Å². The topological polar surface area (TPSA) is 55.5 Å². The third-order valence-corrected chi connectivity index (χ3v) is 2.02. The second-order valence-corrected chi connectivity index (χ2v) is 3.35. The van der Waals surface area contributed by atoms with E-state index in [1.54, 1.807) is 0 Å². The second kappa shape index (κ2) is 4.71. The number of halogens is 3. The lowest BCUT2D eigenvalue weighted by molar-refractivity contribution is -0.275. The number of alkyl halides is 3. The Hall–Kier alpha value is -1.27. The molecule has 0 bridgehead atoms. The summed E-state index contributed by atoms with van der Waals surface area (Å²) in [5.74, 6) is -0.386. The molecule has 2 atom stereocenters. The number of aliphatic hydroxyl groups is 1. The van der Waals surface area contributed by atoms with Gasteiger partial charge in [0.05, 0.1) is 12.1 Å². The molecule has 0 aliphatic rings. The van der Waals surface area contributed by atoms with E-state index in [2.05, 4.69) is 4.74 Å². The molecule has 1 aromatic rings. The fraction of sp³-hybridized carbons (Fsp3) is 0.400. The third-order valence-electron chi connectivity index (χ3n) is 2.02. The van der Waals surface area contributed by atoms with Gasteiger partial charge < -0.3 is 15.6 Å². The molecule has 0 heterocycles. The van der Waals surface area contributed by atoms with Crippen LogP contribution in [0.2, 0.25) is 0 Å². The van der Waals surface area contributed by atoms with Crippen molar-refractivity contribution in [3.05, 3.63) is 29.8 Å². The first kappa shape index (κ1) is 12.8. The van der Waals surface area contributed by atoms with Crippen molar-refractivity contribution in [2.75, 3.05) is 0 Å². The van der Waals surface area contributed by atoms with Crippen molar-refractivity contribution >= 4 is 0 Å². The van der Waals surface area contributed by atoms with E-state index in [1.807, 2.05) is 0 Å². The number of rotatable bonds is 3. The van der Waals surface area contributed by atoms with Crippen molar-refractivity contribution in [1.29, 1.82) is 0 Å². The Morgan fingerprint density at radius 1 is 1.31 bits per heavy atom. The summed E-state index contributed by atoms with van der Waals surface area (Å²) in [6.07, 6.45) is -5.73. The van der Waals surface area contributed by atoms with Crippen LogP contribution >= 0.6 is 0 Å². The van der Waals surface area contributed by atoms with Crippen molar-refractivity contribution in [3.8, 4) is 5.75 Å². The molecule has 0 amide bonds. The van der Waals surface area contributed by atoms with Crippen LogP contribution < -0.4 is 10.5 Å². The van der Waals surface area contributed by atoms with E-state index >= 15 is 0 Å². The summed E-state index contributed by atoms with van der Waals surface area (Å²) in [5.41, 5.74) is 5.68. The molecule has 0 fully saturated rings. The Kier molecular flexibility index (Phi) is 3.77. The van der Waals surface area contributed by atoms with Crippen LogP contribution in [0.1, 0.15) is 18.5 Å². The van der Waals surface area contributed by atoms with Crippen LogP contribution in [-0.4, -0.2) is 17.6 Å². The molecule has 0 aromatic heterocycles. The van der Waals surface area contributed by atoms with Crippen LogP contribution in [0.25, 0.3) is 0 Å². The third kappa shape index (κ3) is 3.39. The maximum Gasteiger partial charge on any atom is 0.573 e. The summed E-state index contributed by atoms with van der Waals surface area (Å²) < 4.78 is 40.0. The maximum absolute atomic E-state index is 12.1. The highest BCUT2D eigenvalue weighted by atomic mass is 19.4. The minimum absolute atomic E-state index is 0.120. The van der Waals surface area contributed by atoms with Gasteiger partial charge in [-0.15, -0.1) is 13.2 Å². The molecule has 0 unspecified atom stereocenters. The second-order valence-electron chi connectivity index (χ2n) is 3.35. The molecule has 0 spiro atoms. The average molecular weight is 235 g/mol. The van der Waals surface area contributed by atoms with E-state index in [9.17, 15) is 18.3 Å². The minimum atomic E-state index is -4.77. The van der Waals surface area contributed by atoms with Gasteiger partial charge >= 0.3 is 6.36 Å². The van der Waals surface area contributed by atoms with E-state index in [1.165, 1.54) is 25.1 Å². The van der Waals surface area contributed by atoms with Crippen molar-refractivity contribution in [2.45, 2.75) is 25.4 Å². The number of ether oxygens (including phenoxy) is 1. The van der Waals surface area contributed by atoms with E-state index in [-0.39, 0.29) is 11.3 Å². The molecule has 0 aliphatic carbocycles. The molecule has 0 radical (unpaired) electrons. The van der Waals surface area contributed by atoms with Gasteiger partial charge in [-0.25, -0.2) is 0 Å². The smallest absolute Gasteiger partial charge is 0.405 e. The fourth-order valence-electron chi connectivity index (χ4n) is 1.23. The molecule has 0 saturated carbocycles. The van der Waals surface area contributed by atoms with Gasteiger partial charge in [0.1, 0.15) is 5.75 Å². The lowest BCUT2D eigenvalue weighted by Crippen LogP contribution is -2.25. The van der Waals surface area contributed by atoms with Crippen LogP contribution in [0.4, 0.5) is 13.2 Å². The van der Waals surface area contributed by atoms with Gasteiger partial charge in [0.15, 0.2) is 0 Å². The molecule has 3 N–H and O–H groups in total. The highest BCUT2D eigenvalue weighted by Gasteiger charge is 2.32. The average Bonchev–Trinajstić information content (AvgIpc) is 2.15. The summed E-state index contributed by atoms with van der Waals surface area (Å²) in [6.45, 7) is 1.40. The maximum atomic E-state index is 12.1. The van der Waals surface area contributed by atoms with Gasteiger partial charge in [0.25, 0.3) is 0 Å². The zero-order valence-corrected chi connectivity index (χ0v) is 8.53. The number of nitrogens with two attached hydrogens (primary N) is 1. The number of hydrogen-bond acceptors (Lipinski definition) is 3. The fourth-order valence-corrected chi connectivity index (χ4v) is 1.23. The molecule has 1 aromatic carbocycles. The van der Waals surface area contributed by atoms with E-state index in [0.717, 1.165) is 6.07 Å². The van der Waals surface area contributed by atoms with Gasteiger partial charge in [-0.3, -0.25) is 0 Å². The summed E-state index contributed by atoms with van der Waals surface area (Å²) in [7, 11) is 0. The van der Waals surface area contributed by atoms with Gasteiger partial charge in [-0.2, -0.15) is 0 Å². The molecule has 0 saturated heterocycles. The number of para-hydroxylation sites is 1. The van der Waals surface area contributed by atoms with Crippen LogP contribution in [0.15, 0.2) is 24.3 Å². The normalized spacial score (nSPS) is 15.6. The molecule has 6 heteroatoms. The van der Waals surface area contributed by atoms with E-state index < -0.39 is 18.5 Å². The van der Waals surface area contributed by atoms with Crippen LogP contribution in [-0.2, 0) is 0 Å². The Balaban J connectivity index is 3.01. The standard InChI is InChI=1S/C10H12F3NO2/c1-6(15)9(14)7-4-2-3-5-8(7)16-10(11,12)13/h2-6,9,15H,14H2,1H3/t6-,9+/m0/s1. The first-order chi connectivity index (χ1) is 7.31. The SMILES string of the molecule is C[C@H](O)[C@@H](N)c1ccccc1OC(F)(F)F. The van der Waals surface area contributed by atoms with Gasteiger partial charge in [-0.1, -0.05) is 18.2 Å². The van der Waals surface area contributed by atoms with Crippen molar-refractivity contribution < 1.29 is 23.0 Å². The number of aliphatic hydroxyl groups excluding tert-OH is 1. The van der Waals surface area contributed by atoms with E-state index in [0.29, 0.717) is 0 Å². The van der Waals surface area contributed by atoms with E-state index in [4.69, 9.17) is 5.73 Å². The van der Waals surface area contributed by atoms with Crippen LogP contribution in [0.5, 0.6) is 5.75 Å². The van der Waals surface area contributed by atoms with Crippen molar-refractivity contribution in [1.82, 2.24) is 0 Å². The minimum Gasteiger partial charge on any atom is -0.405 e.